The number of hydrogen-bond acceptors (Lipinski definition) is 7. The van der Waals surface area contributed by atoms with Crippen LogP contribution in [0.3, 0.4) is 0 Å². The van der Waals surface area contributed by atoms with E-state index in [9.17, 15) is 4.79 Å². The number of aromatic nitrogens is 2. The van der Waals surface area contributed by atoms with Crippen LogP contribution in [0.2, 0.25) is 0 Å². The van der Waals surface area contributed by atoms with E-state index >= 15 is 0 Å². The second-order valence-corrected chi connectivity index (χ2v) is 7.78. The number of rotatable bonds is 8. The Hall–Kier alpha value is -3.78. The largest absolute Gasteiger partial charge is 0.496 e. The molecule has 0 aliphatic rings. The lowest BCUT2D eigenvalue weighted by atomic mass is 10.2. The number of nitrogens with one attached hydrogen (secondary N) is 1. The van der Waals surface area contributed by atoms with Crippen molar-refractivity contribution in [1.82, 2.24) is 10.2 Å². The van der Waals surface area contributed by atoms with Crippen LogP contribution in [-0.4, -0.2) is 29.0 Å². The first-order valence-corrected chi connectivity index (χ1v) is 10.8. The molecule has 7 nitrogen and oxygen atoms in total. The Morgan fingerprint density at radius 1 is 1.00 bits per heavy atom. The zero-order valence-electron chi connectivity index (χ0n) is 17.6. The zero-order valence-corrected chi connectivity index (χ0v) is 18.4. The number of carbonyl (C=O) groups is 1. The van der Waals surface area contributed by atoms with Gasteiger partial charge in [-0.15, -0.1) is 10.2 Å². The lowest BCUT2D eigenvalue weighted by Gasteiger charge is -2.08. The molecule has 0 atom stereocenters. The van der Waals surface area contributed by atoms with Gasteiger partial charge in [0.15, 0.2) is 0 Å². The lowest BCUT2D eigenvalue weighted by molar-refractivity contribution is -0.113. The van der Waals surface area contributed by atoms with Gasteiger partial charge in [-0.05, 0) is 61.0 Å². The maximum Gasteiger partial charge on any atom is 0.277 e. The number of benzene rings is 3. The Morgan fingerprint density at radius 2 is 1.81 bits per heavy atom. The highest BCUT2D eigenvalue weighted by molar-refractivity contribution is 7.99. The fraction of sp³-hybridized carbons (Fsp3) is 0.125. The molecule has 0 fully saturated rings. The first kappa shape index (κ1) is 21.5. The molecule has 8 heteroatoms. The molecule has 1 heterocycles. The molecule has 1 amide bonds. The molecule has 0 spiro atoms. The van der Waals surface area contributed by atoms with Crippen molar-refractivity contribution in [3.05, 3.63) is 78.4 Å². The van der Waals surface area contributed by atoms with Gasteiger partial charge in [-0.25, -0.2) is 0 Å². The highest BCUT2D eigenvalue weighted by atomic mass is 32.2. The molecule has 162 valence electrons. The van der Waals surface area contributed by atoms with E-state index in [1.807, 2.05) is 67.6 Å². The lowest BCUT2D eigenvalue weighted by Crippen LogP contribution is -2.13. The molecule has 4 rings (SSSR count). The molecule has 0 bridgehead atoms. The molecule has 0 saturated carbocycles. The number of aryl methyl sites for hydroxylation is 1. The molecule has 3 aromatic carbocycles. The minimum atomic E-state index is -0.181. The molecule has 0 radical (unpaired) electrons. The van der Waals surface area contributed by atoms with E-state index in [0.29, 0.717) is 33.9 Å². The van der Waals surface area contributed by atoms with Crippen LogP contribution in [0.4, 0.5) is 5.69 Å². The molecule has 0 aliphatic heterocycles. The van der Waals surface area contributed by atoms with Gasteiger partial charge in [-0.1, -0.05) is 36.0 Å². The van der Waals surface area contributed by atoms with Crippen LogP contribution in [0.1, 0.15) is 5.56 Å². The van der Waals surface area contributed by atoms with Crippen molar-refractivity contribution in [3.63, 3.8) is 0 Å². The van der Waals surface area contributed by atoms with E-state index in [0.717, 1.165) is 11.3 Å². The first-order valence-electron chi connectivity index (χ1n) is 9.85. The summed E-state index contributed by atoms with van der Waals surface area (Å²) in [6.45, 7) is 2.01. The quantitative estimate of drug-likeness (QED) is 0.353. The van der Waals surface area contributed by atoms with E-state index in [4.69, 9.17) is 13.9 Å². The third-order valence-electron chi connectivity index (χ3n) is 4.43. The number of ether oxygens (including phenoxy) is 2. The second-order valence-electron chi connectivity index (χ2n) is 6.85. The van der Waals surface area contributed by atoms with Crippen LogP contribution in [0.15, 0.2) is 82.4 Å². The topological polar surface area (TPSA) is 86.5 Å². The number of thioether (sulfide) groups is 1. The van der Waals surface area contributed by atoms with Crippen molar-refractivity contribution in [3.8, 4) is 28.7 Å². The van der Waals surface area contributed by atoms with Crippen LogP contribution >= 0.6 is 11.8 Å². The van der Waals surface area contributed by atoms with Gasteiger partial charge in [0, 0.05) is 5.69 Å². The van der Waals surface area contributed by atoms with Gasteiger partial charge >= 0.3 is 0 Å². The van der Waals surface area contributed by atoms with Gasteiger partial charge in [0.05, 0.1) is 18.4 Å². The molecule has 0 saturated heterocycles. The Morgan fingerprint density at radius 3 is 2.59 bits per heavy atom. The zero-order chi connectivity index (χ0) is 22.3. The minimum Gasteiger partial charge on any atom is -0.496 e. The van der Waals surface area contributed by atoms with E-state index in [1.165, 1.54) is 11.8 Å². The van der Waals surface area contributed by atoms with Crippen molar-refractivity contribution in [2.75, 3.05) is 18.2 Å². The number of amides is 1. The summed E-state index contributed by atoms with van der Waals surface area (Å²) >= 11 is 1.17. The Balaban J connectivity index is 1.30. The molecular formula is C24H21N3O4S. The average Bonchev–Trinajstić information content (AvgIpc) is 3.28. The number of hydrogen-bond donors (Lipinski definition) is 1. The van der Waals surface area contributed by atoms with Gasteiger partial charge in [-0.2, -0.15) is 0 Å². The Kier molecular flexibility index (Phi) is 6.72. The maximum absolute atomic E-state index is 12.3. The highest BCUT2D eigenvalue weighted by Gasteiger charge is 2.14. The molecule has 1 N–H and O–H groups in total. The van der Waals surface area contributed by atoms with Gasteiger partial charge in [0.25, 0.3) is 11.1 Å². The van der Waals surface area contributed by atoms with Crippen molar-refractivity contribution >= 4 is 23.4 Å². The first-order chi connectivity index (χ1) is 15.6. The predicted molar refractivity (Wildman–Crippen MR) is 123 cm³/mol. The summed E-state index contributed by atoms with van der Waals surface area (Å²) in [6.07, 6.45) is 0. The number of carbonyl (C=O) groups excluding carboxylic acids is 1. The third kappa shape index (κ3) is 5.47. The number of methoxy groups -OCH3 is 1. The van der Waals surface area contributed by atoms with Gasteiger partial charge < -0.3 is 19.2 Å². The van der Waals surface area contributed by atoms with Gasteiger partial charge in [-0.3, -0.25) is 4.79 Å². The monoisotopic (exact) mass is 447 g/mol. The number of para-hydroxylation sites is 1. The van der Waals surface area contributed by atoms with Gasteiger partial charge in [0.1, 0.15) is 17.2 Å². The van der Waals surface area contributed by atoms with Crippen molar-refractivity contribution in [1.29, 1.82) is 0 Å². The summed E-state index contributed by atoms with van der Waals surface area (Å²) in [7, 11) is 1.58. The van der Waals surface area contributed by atoms with Crippen molar-refractivity contribution in [2.45, 2.75) is 12.1 Å². The van der Waals surface area contributed by atoms with E-state index in [-0.39, 0.29) is 11.7 Å². The molecule has 0 aliphatic carbocycles. The summed E-state index contributed by atoms with van der Waals surface area (Å²) < 4.78 is 16.8. The van der Waals surface area contributed by atoms with Crippen molar-refractivity contribution < 1.29 is 18.7 Å². The summed E-state index contributed by atoms with van der Waals surface area (Å²) in [4.78, 5) is 12.3. The standard InChI is InChI=1S/C24H21N3O4S/c1-16-6-5-7-19(14-16)30-18-12-10-17(11-13-18)25-22(28)15-32-24-27-26-23(31-24)20-8-3-4-9-21(20)29-2/h3-14H,15H2,1-2H3,(H,25,28). The van der Waals surface area contributed by atoms with E-state index in [1.54, 1.807) is 19.2 Å². The van der Waals surface area contributed by atoms with E-state index < -0.39 is 0 Å². The molecule has 1 aromatic heterocycles. The molecule has 0 unspecified atom stereocenters. The SMILES string of the molecule is COc1ccccc1-c1nnc(SCC(=O)Nc2ccc(Oc3cccc(C)c3)cc2)o1. The predicted octanol–water partition coefficient (Wildman–Crippen LogP) is 5.58. The van der Waals surface area contributed by atoms with Crippen LogP contribution < -0.4 is 14.8 Å². The Bertz CT molecular complexity index is 1210. The van der Waals surface area contributed by atoms with Crippen LogP contribution in [-0.2, 0) is 4.79 Å². The van der Waals surface area contributed by atoms with Crippen LogP contribution in [0.5, 0.6) is 17.2 Å². The average molecular weight is 448 g/mol. The number of nitrogens with zero attached hydrogens (tertiary/aromatic N) is 2. The minimum absolute atomic E-state index is 0.134. The maximum atomic E-state index is 12.3. The summed E-state index contributed by atoms with van der Waals surface area (Å²) in [6, 6.07) is 22.4. The Labute approximate surface area is 189 Å². The van der Waals surface area contributed by atoms with Crippen LogP contribution in [0, 0.1) is 6.92 Å². The van der Waals surface area contributed by atoms with Gasteiger partial charge in [0.2, 0.25) is 5.91 Å². The summed E-state index contributed by atoms with van der Waals surface area (Å²) in [5, 5.41) is 11.2. The summed E-state index contributed by atoms with van der Waals surface area (Å²) in [5.74, 6) is 2.40. The normalized spacial score (nSPS) is 10.6. The van der Waals surface area contributed by atoms with Crippen molar-refractivity contribution in [2.24, 2.45) is 0 Å². The smallest absolute Gasteiger partial charge is 0.277 e. The summed E-state index contributed by atoms with van der Waals surface area (Å²) in [5.41, 5.74) is 2.50. The fourth-order valence-electron chi connectivity index (χ4n) is 2.94. The fourth-order valence-corrected chi connectivity index (χ4v) is 3.51. The second kappa shape index (κ2) is 10.0. The van der Waals surface area contributed by atoms with Crippen LogP contribution in [0.25, 0.3) is 11.5 Å². The molecule has 32 heavy (non-hydrogen) atoms. The molecular weight excluding hydrogens is 426 g/mol. The van der Waals surface area contributed by atoms with E-state index in [2.05, 4.69) is 15.5 Å². The number of anilines is 1. The third-order valence-corrected chi connectivity index (χ3v) is 5.25. The highest BCUT2D eigenvalue weighted by Crippen LogP contribution is 2.30. The molecule has 4 aromatic rings.